The number of likely N-dealkylation sites (N-methyl/N-ethyl adjacent to an activating group) is 1. The summed E-state index contributed by atoms with van der Waals surface area (Å²) in [7, 11) is 2.23. The third-order valence-electron chi connectivity index (χ3n) is 5.45. The van der Waals surface area contributed by atoms with E-state index in [0.29, 0.717) is 22.3 Å². The van der Waals surface area contributed by atoms with Gasteiger partial charge in [0, 0.05) is 22.4 Å². The molecule has 0 aliphatic heterocycles. The number of hydrogen-bond donors (Lipinski definition) is 1. The van der Waals surface area contributed by atoms with Crippen molar-refractivity contribution in [3.63, 3.8) is 0 Å². The summed E-state index contributed by atoms with van der Waals surface area (Å²) >= 11 is 0. The van der Waals surface area contributed by atoms with Crippen molar-refractivity contribution in [2.24, 2.45) is 0 Å². The van der Waals surface area contributed by atoms with E-state index in [9.17, 15) is 9.59 Å². The quantitative estimate of drug-likeness (QED) is 0.702. The van der Waals surface area contributed by atoms with Crippen molar-refractivity contribution in [2.75, 3.05) is 38.5 Å². The Balaban J connectivity index is 1.90. The first-order valence-corrected chi connectivity index (χ1v) is 8.89. The molecule has 0 unspecified atom stereocenters. The van der Waals surface area contributed by atoms with Gasteiger partial charge in [-0.1, -0.05) is 36.4 Å². The maximum Gasteiger partial charge on any atom is 0.196 e. The van der Waals surface area contributed by atoms with Gasteiger partial charge in [0.25, 0.3) is 0 Å². The van der Waals surface area contributed by atoms with E-state index in [0.717, 1.165) is 36.3 Å². The maximum atomic E-state index is 13.0. The molecular formula is C21H25N2O2+. The Bertz CT molecular complexity index is 822. The van der Waals surface area contributed by atoms with Gasteiger partial charge in [-0.05, 0) is 19.9 Å². The Morgan fingerprint density at radius 3 is 2.08 bits per heavy atom. The standard InChI is InChI=1S/C21H24N2O2/c1-4-23(3,5-2)14-13-22-18-12-8-11-17-19(18)21(25)16-10-7-6-9-15(16)20(17)24/h6-12H,4-5,13-14H2,1-3H3/p+1. The van der Waals surface area contributed by atoms with E-state index >= 15 is 0 Å². The summed E-state index contributed by atoms with van der Waals surface area (Å²) in [5, 5.41) is 3.39. The Morgan fingerprint density at radius 1 is 0.840 bits per heavy atom. The van der Waals surface area contributed by atoms with Gasteiger partial charge in [0.2, 0.25) is 0 Å². The predicted molar refractivity (Wildman–Crippen MR) is 100 cm³/mol. The van der Waals surface area contributed by atoms with Crippen molar-refractivity contribution in [3.05, 3.63) is 64.7 Å². The normalized spacial score (nSPS) is 13.4. The smallest absolute Gasteiger partial charge is 0.196 e. The van der Waals surface area contributed by atoms with E-state index in [1.807, 2.05) is 12.1 Å². The first kappa shape index (κ1) is 17.4. The number of ketones is 2. The average molecular weight is 337 g/mol. The van der Waals surface area contributed by atoms with Crippen molar-refractivity contribution in [1.82, 2.24) is 0 Å². The fourth-order valence-corrected chi connectivity index (χ4v) is 3.29. The van der Waals surface area contributed by atoms with Crippen LogP contribution in [0, 0.1) is 0 Å². The van der Waals surface area contributed by atoms with E-state index in [2.05, 4.69) is 26.2 Å². The molecule has 1 aliphatic carbocycles. The number of anilines is 1. The van der Waals surface area contributed by atoms with Crippen LogP contribution < -0.4 is 5.32 Å². The topological polar surface area (TPSA) is 46.2 Å². The van der Waals surface area contributed by atoms with E-state index in [1.54, 1.807) is 30.3 Å². The van der Waals surface area contributed by atoms with Gasteiger partial charge in [-0.2, -0.15) is 0 Å². The molecule has 4 heteroatoms. The molecule has 0 atom stereocenters. The molecule has 3 rings (SSSR count). The number of rotatable bonds is 6. The largest absolute Gasteiger partial charge is 0.379 e. The molecule has 130 valence electrons. The van der Waals surface area contributed by atoms with Crippen LogP contribution in [0.2, 0.25) is 0 Å². The molecule has 0 aromatic heterocycles. The van der Waals surface area contributed by atoms with Gasteiger partial charge in [-0.3, -0.25) is 9.59 Å². The molecule has 2 aromatic rings. The zero-order valence-electron chi connectivity index (χ0n) is 15.1. The average Bonchev–Trinajstić information content (AvgIpc) is 2.65. The minimum Gasteiger partial charge on any atom is -0.379 e. The molecule has 0 bridgehead atoms. The molecule has 1 N–H and O–H groups in total. The van der Waals surface area contributed by atoms with Crippen LogP contribution in [0.25, 0.3) is 0 Å². The Hall–Kier alpha value is -2.46. The van der Waals surface area contributed by atoms with Gasteiger partial charge in [0.05, 0.1) is 38.8 Å². The summed E-state index contributed by atoms with van der Waals surface area (Å²) in [6, 6.07) is 12.5. The van der Waals surface area contributed by atoms with E-state index in [-0.39, 0.29) is 11.6 Å². The Morgan fingerprint density at radius 2 is 1.44 bits per heavy atom. The highest BCUT2D eigenvalue weighted by molar-refractivity contribution is 6.30. The zero-order chi connectivity index (χ0) is 18.0. The molecule has 0 saturated heterocycles. The Labute approximate surface area is 149 Å². The lowest BCUT2D eigenvalue weighted by Gasteiger charge is -2.32. The Kier molecular flexibility index (Phi) is 4.73. The SMILES string of the molecule is CC[N+](C)(CC)CCNc1cccc2c1C(=O)c1ccccc1C2=O. The second kappa shape index (κ2) is 6.81. The first-order chi connectivity index (χ1) is 12.0. The fourth-order valence-electron chi connectivity index (χ4n) is 3.29. The van der Waals surface area contributed by atoms with Gasteiger partial charge in [0.15, 0.2) is 11.6 Å². The van der Waals surface area contributed by atoms with E-state index in [1.165, 1.54) is 0 Å². The number of quaternary nitrogens is 1. The summed E-state index contributed by atoms with van der Waals surface area (Å²) in [4.78, 5) is 25.7. The molecule has 0 fully saturated rings. The van der Waals surface area contributed by atoms with Crippen LogP contribution in [0.5, 0.6) is 0 Å². The van der Waals surface area contributed by atoms with Crippen LogP contribution in [0.15, 0.2) is 42.5 Å². The summed E-state index contributed by atoms with van der Waals surface area (Å²) in [6.07, 6.45) is 0. The highest BCUT2D eigenvalue weighted by Crippen LogP contribution is 2.31. The molecule has 25 heavy (non-hydrogen) atoms. The van der Waals surface area contributed by atoms with Gasteiger partial charge in [0.1, 0.15) is 0 Å². The van der Waals surface area contributed by atoms with Crippen molar-refractivity contribution in [1.29, 1.82) is 0 Å². The lowest BCUT2D eigenvalue weighted by molar-refractivity contribution is -0.904. The lowest BCUT2D eigenvalue weighted by Crippen LogP contribution is -2.46. The molecular weight excluding hydrogens is 312 g/mol. The van der Waals surface area contributed by atoms with Crippen LogP contribution in [-0.2, 0) is 0 Å². The van der Waals surface area contributed by atoms with Crippen molar-refractivity contribution >= 4 is 17.3 Å². The van der Waals surface area contributed by atoms with Crippen molar-refractivity contribution < 1.29 is 14.1 Å². The van der Waals surface area contributed by atoms with Gasteiger partial charge >= 0.3 is 0 Å². The zero-order valence-corrected chi connectivity index (χ0v) is 15.1. The monoisotopic (exact) mass is 337 g/mol. The van der Waals surface area contributed by atoms with Crippen molar-refractivity contribution in [3.8, 4) is 0 Å². The molecule has 0 heterocycles. The summed E-state index contributed by atoms with van der Waals surface area (Å²) < 4.78 is 0.970. The number of nitrogens with zero attached hydrogens (tertiary/aromatic N) is 1. The third-order valence-corrected chi connectivity index (χ3v) is 5.45. The highest BCUT2D eigenvalue weighted by atomic mass is 16.1. The third kappa shape index (κ3) is 3.10. The molecule has 2 aromatic carbocycles. The minimum absolute atomic E-state index is 0.0726. The minimum atomic E-state index is -0.0727. The molecule has 4 nitrogen and oxygen atoms in total. The number of hydrogen-bond acceptors (Lipinski definition) is 3. The van der Waals surface area contributed by atoms with Crippen LogP contribution >= 0.6 is 0 Å². The maximum absolute atomic E-state index is 13.0. The predicted octanol–water partition coefficient (Wildman–Crippen LogP) is 3.36. The van der Waals surface area contributed by atoms with E-state index < -0.39 is 0 Å². The van der Waals surface area contributed by atoms with Crippen molar-refractivity contribution in [2.45, 2.75) is 13.8 Å². The van der Waals surface area contributed by atoms with E-state index in [4.69, 9.17) is 0 Å². The number of benzene rings is 2. The lowest BCUT2D eigenvalue weighted by atomic mass is 9.83. The number of nitrogens with one attached hydrogen (secondary N) is 1. The van der Waals surface area contributed by atoms with Gasteiger partial charge in [-0.25, -0.2) is 0 Å². The first-order valence-electron chi connectivity index (χ1n) is 8.89. The van der Waals surface area contributed by atoms with Crippen LogP contribution in [0.4, 0.5) is 5.69 Å². The van der Waals surface area contributed by atoms with Crippen LogP contribution in [0.3, 0.4) is 0 Å². The highest BCUT2D eigenvalue weighted by Gasteiger charge is 2.31. The number of fused-ring (bicyclic) bond motifs is 2. The second-order valence-corrected chi connectivity index (χ2v) is 6.83. The molecule has 1 aliphatic rings. The summed E-state index contributed by atoms with van der Waals surface area (Å²) in [5.41, 5.74) is 2.75. The van der Waals surface area contributed by atoms with Crippen LogP contribution in [0.1, 0.15) is 45.7 Å². The summed E-state index contributed by atoms with van der Waals surface area (Å²) in [6.45, 7) is 8.24. The molecule has 0 amide bonds. The molecule has 0 radical (unpaired) electrons. The summed E-state index contributed by atoms with van der Waals surface area (Å²) in [5.74, 6) is -0.145. The number of carbonyl (C=O) groups excluding carboxylic acids is 2. The van der Waals surface area contributed by atoms with Gasteiger partial charge in [-0.15, -0.1) is 0 Å². The molecule has 0 saturated carbocycles. The second-order valence-electron chi connectivity index (χ2n) is 6.83. The molecule has 0 spiro atoms. The van der Waals surface area contributed by atoms with Crippen LogP contribution in [-0.4, -0.2) is 49.3 Å². The number of carbonyl (C=O) groups is 2. The van der Waals surface area contributed by atoms with Gasteiger partial charge < -0.3 is 9.80 Å². The fraction of sp³-hybridized carbons (Fsp3) is 0.333.